The summed E-state index contributed by atoms with van der Waals surface area (Å²) < 4.78 is 21.0. The van der Waals surface area contributed by atoms with E-state index in [1.54, 1.807) is 40.8 Å². The Morgan fingerprint density at radius 2 is 2.29 bits per heavy atom. The molecule has 1 saturated heterocycles. The molecule has 3 rings (SSSR count). The quantitative estimate of drug-likeness (QED) is 0.818. The molecule has 3 heterocycles. The van der Waals surface area contributed by atoms with Crippen molar-refractivity contribution in [1.82, 2.24) is 24.9 Å². The van der Waals surface area contributed by atoms with Crippen LogP contribution in [0.1, 0.15) is 29.6 Å². The van der Waals surface area contributed by atoms with Crippen molar-refractivity contribution >= 4 is 11.9 Å². The summed E-state index contributed by atoms with van der Waals surface area (Å²) in [7, 11) is 1.70. The predicted octanol–water partition coefficient (Wildman–Crippen LogP) is 1.28. The summed E-state index contributed by atoms with van der Waals surface area (Å²) in [5, 5.41) is 11.9. The zero-order valence-electron chi connectivity index (χ0n) is 14.0. The molecule has 0 aliphatic carbocycles. The van der Waals surface area contributed by atoms with Crippen molar-refractivity contribution in [3.8, 4) is 0 Å². The van der Waals surface area contributed by atoms with Gasteiger partial charge in [-0.2, -0.15) is 5.10 Å². The van der Waals surface area contributed by atoms with Gasteiger partial charge in [0.2, 0.25) is 5.89 Å². The highest BCUT2D eigenvalue weighted by atomic mass is 19.1. The summed E-state index contributed by atoms with van der Waals surface area (Å²) in [6, 6.07) is 0.104. The number of rotatable bonds is 5. The van der Waals surface area contributed by atoms with E-state index in [0.29, 0.717) is 37.0 Å². The zero-order valence-corrected chi connectivity index (χ0v) is 14.0. The summed E-state index contributed by atoms with van der Waals surface area (Å²) in [6.45, 7) is 4.91. The molecule has 130 valence electrons. The van der Waals surface area contributed by atoms with Crippen molar-refractivity contribution in [1.29, 1.82) is 0 Å². The van der Waals surface area contributed by atoms with E-state index in [0.717, 1.165) is 0 Å². The lowest BCUT2D eigenvalue weighted by molar-refractivity contribution is 0.0785. The number of aryl methyl sites for hydroxylation is 2. The van der Waals surface area contributed by atoms with Crippen molar-refractivity contribution in [2.45, 2.75) is 39.0 Å². The molecule has 1 amide bonds. The molecular formula is C15H21FN6O2. The molecule has 9 heteroatoms. The molecule has 2 aromatic rings. The first-order valence-electron chi connectivity index (χ1n) is 7.96. The lowest BCUT2D eigenvalue weighted by Crippen LogP contribution is -2.41. The molecule has 0 saturated carbocycles. The summed E-state index contributed by atoms with van der Waals surface area (Å²) >= 11 is 0. The number of carbonyl (C=O) groups excluding carboxylic acids is 1. The molecule has 1 aliphatic heterocycles. The molecule has 0 radical (unpaired) electrons. The molecule has 8 nitrogen and oxygen atoms in total. The van der Waals surface area contributed by atoms with E-state index >= 15 is 0 Å². The molecular weight excluding hydrogens is 315 g/mol. The summed E-state index contributed by atoms with van der Waals surface area (Å²) in [6.07, 6.45) is 2.61. The highest BCUT2D eigenvalue weighted by Gasteiger charge is 2.36. The topological polar surface area (TPSA) is 80.3 Å². The fraction of sp³-hybridized carbons (Fsp3) is 0.600. The van der Waals surface area contributed by atoms with Gasteiger partial charge in [-0.25, -0.2) is 4.39 Å². The number of alkyl halides is 1. The molecule has 0 unspecified atom stereocenters. The van der Waals surface area contributed by atoms with Crippen molar-refractivity contribution in [3.63, 3.8) is 0 Å². The van der Waals surface area contributed by atoms with Crippen LogP contribution in [0.5, 0.6) is 0 Å². The Kier molecular flexibility index (Phi) is 4.50. The predicted molar refractivity (Wildman–Crippen MR) is 84.5 cm³/mol. The van der Waals surface area contributed by atoms with E-state index in [2.05, 4.69) is 15.3 Å². The van der Waals surface area contributed by atoms with E-state index in [9.17, 15) is 9.18 Å². The van der Waals surface area contributed by atoms with Crippen LogP contribution in [0.3, 0.4) is 0 Å². The number of anilines is 1. The van der Waals surface area contributed by atoms with Crippen molar-refractivity contribution in [3.05, 3.63) is 23.8 Å². The van der Waals surface area contributed by atoms with Gasteiger partial charge in [0, 0.05) is 39.7 Å². The maximum atomic E-state index is 13.9. The van der Waals surface area contributed by atoms with Crippen LogP contribution in [0.15, 0.2) is 16.8 Å². The van der Waals surface area contributed by atoms with Crippen molar-refractivity contribution in [2.24, 2.45) is 0 Å². The van der Waals surface area contributed by atoms with Crippen molar-refractivity contribution in [2.75, 3.05) is 25.0 Å². The smallest absolute Gasteiger partial charge is 0.318 e. The largest absolute Gasteiger partial charge is 0.408 e. The minimum Gasteiger partial charge on any atom is -0.408 e. The first-order chi connectivity index (χ1) is 11.5. The van der Waals surface area contributed by atoms with E-state index < -0.39 is 6.17 Å². The number of carbonyl (C=O) groups is 1. The van der Waals surface area contributed by atoms with Gasteiger partial charge in [0.15, 0.2) is 0 Å². The summed E-state index contributed by atoms with van der Waals surface area (Å²) in [5.74, 6) is 0.293. The third-order valence-electron chi connectivity index (χ3n) is 4.16. The van der Waals surface area contributed by atoms with Gasteiger partial charge in [-0.05, 0) is 6.92 Å². The minimum atomic E-state index is -0.978. The van der Waals surface area contributed by atoms with Gasteiger partial charge in [-0.1, -0.05) is 5.10 Å². The standard InChI is InChI=1S/C15H21FN6O2/c1-4-21-7-11(6-17-21)14(23)20(3)9-13-5-12(16)8-22(13)15-19-18-10(2)24-15/h6-7,12-13H,4-5,8-9H2,1-3H3/t12-,13-/m0/s1. The van der Waals surface area contributed by atoms with Crippen LogP contribution in [0.4, 0.5) is 10.4 Å². The Morgan fingerprint density at radius 1 is 1.50 bits per heavy atom. The molecule has 2 aromatic heterocycles. The second-order valence-corrected chi connectivity index (χ2v) is 6.01. The van der Waals surface area contributed by atoms with Gasteiger partial charge < -0.3 is 14.2 Å². The third-order valence-corrected chi connectivity index (χ3v) is 4.16. The van der Waals surface area contributed by atoms with Crippen molar-refractivity contribution < 1.29 is 13.6 Å². The minimum absolute atomic E-state index is 0.140. The summed E-state index contributed by atoms with van der Waals surface area (Å²) in [5.41, 5.74) is 0.523. The van der Waals surface area contributed by atoms with Gasteiger partial charge in [-0.15, -0.1) is 5.10 Å². The molecule has 0 spiro atoms. The van der Waals surface area contributed by atoms with Crippen LogP contribution in [-0.2, 0) is 6.54 Å². The number of hydrogen-bond acceptors (Lipinski definition) is 6. The highest BCUT2D eigenvalue weighted by Crippen LogP contribution is 2.27. The second-order valence-electron chi connectivity index (χ2n) is 6.01. The molecule has 2 atom stereocenters. The fourth-order valence-electron chi connectivity index (χ4n) is 2.94. The van der Waals surface area contributed by atoms with Crippen LogP contribution in [0.2, 0.25) is 0 Å². The monoisotopic (exact) mass is 336 g/mol. The van der Waals surface area contributed by atoms with Crippen LogP contribution in [-0.4, -0.2) is 63.1 Å². The normalized spacial score (nSPS) is 20.6. The second kappa shape index (κ2) is 6.58. The molecule has 1 fully saturated rings. The molecule has 24 heavy (non-hydrogen) atoms. The van der Waals surface area contributed by atoms with E-state index in [-0.39, 0.29) is 18.5 Å². The lowest BCUT2D eigenvalue weighted by Gasteiger charge is -2.26. The number of likely N-dealkylation sites (N-methyl/N-ethyl adjacent to an activating group) is 1. The number of aromatic nitrogens is 4. The van der Waals surface area contributed by atoms with Crippen LogP contribution in [0.25, 0.3) is 0 Å². The van der Waals surface area contributed by atoms with Crippen LogP contribution >= 0.6 is 0 Å². The average Bonchev–Trinajstić information content (AvgIpc) is 3.26. The Labute approximate surface area is 139 Å². The van der Waals surface area contributed by atoms with Gasteiger partial charge in [0.25, 0.3) is 5.91 Å². The Morgan fingerprint density at radius 3 is 2.92 bits per heavy atom. The number of amides is 1. The first-order valence-corrected chi connectivity index (χ1v) is 7.96. The SMILES string of the molecule is CCn1cc(C(=O)N(C)C[C@@H]2C[C@H](F)CN2c2nnc(C)o2)cn1. The highest BCUT2D eigenvalue weighted by molar-refractivity contribution is 5.93. The molecule has 0 bridgehead atoms. The van der Waals surface area contributed by atoms with Gasteiger partial charge in [0.05, 0.1) is 24.3 Å². The first kappa shape index (κ1) is 16.4. The van der Waals surface area contributed by atoms with E-state index in [1.807, 2.05) is 6.92 Å². The Hall–Kier alpha value is -2.45. The van der Waals surface area contributed by atoms with Gasteiger partial charge >= 0.3 is 6.01 Å². The van der Waals surface area contributed by atoms with Gasteiger partial charge in [0.1, 0.15) is 6.17 Å². The van der Waals surface area contributed by atoms with Gasteiger partial charge in [-0.3, -0.25) is 9.48 Å². The molecule has 1 aliphatic rings. The maximum Gasteiger partial charge on any atom is 0.318 e. The zero-order chi connectivity index (χ0) is 17.3. The maximum absolute atomic E-state index is 13.9. The third kappa shape index (κ3) is 3.24. The Bertz CT molecular complexity index is 714. The molecule has 0 aromatic carbocycles. The lowest BCUT2D eigenvalue weighted by atomic mass is 10.2. The number of nitrogens with zero attached hydrogens (tertiary/aromatic N) is 6. The van der Waals surface area contributed by atoms with Crippen LogP contribution < -0.4 is 4.90 Å². The average molecular weight is 336 g/mol. The van der Waals surface area contributed by atoms with E-state index in [1.165, 1.54) is 0 Å². The van der Waals surface area contributed by atoms with E-state index in [4.69, 9.17) is 4.42 Å². The van der Waals surface area contributed by atoms with Crippen LogP contribution in [0, 0.1) is 6.92 Å². The number of halogens is 1. The summed E-state index contributed by atoms with van der Waals surface area (Å²) in [4.78, 5) is 15.8. The number of hydrogen-bond donors (Lipinski definition) is 0. The fourth-order valence-corrected chi connectivity index (χ4v) is 2.94. The molecule has 0 N–H and O–H groups in total. The Balaban J connectivity index is 1.69.